The van der Waals surface area contributed by atoms with Crippen LogP contribution >= 0.6 is 23.2 Å². The highest BCUT2D eigenvalue weighted by Crippen LogP contribution is 2.23. The van der Waals surface area contributed by atoms with Crippen molar-refractivity contribution in [3.63, 3.8) is 0 Å². The predicted octanol–water partition coefficient (Wildman–Crippen LogP) is 3.38. The summed E-state index contributed by atoms with van der Waals surface area (Å²) in [5, 5.41) is 10.3. The number of benzene rings is 1. The maximum absolute atomic E-state index is 9.19. The van der Waals surface area contributed by atoms with Crippen LogP contribution in [0.3, 0.4) is 0 Å². The molecule has 0 aliphatic heterocycles. The molecule has 0 spiro atoms. The van der Waals surface area contributed by atoms with Gasteiger partial charge < -0.3 is 5.11 Å². The molecular formula is C15H16Cl2N2O. The Bertz CT molecular complexity index is 549. The Morgan fingerprint density at radius 2 is 1.85 bits per heavy atom. The standard InChI is InChI=1S/C15H16Cl2N2O/c16-14-4-3-12(8-15(14)17)10-19(6-7-20)11-13-2-1-5-18-9-13/h1-5,8-9,20H,6-7,10-11H2. The third-order valence-corrected chi connectivity index (χ3v) is 3.67. The summed E-state index contributed by atoms with van der Waals surface area (Å²) in [4.78, 5) is 6.24. The largest absolute Gasteiger partial charge is 0.395 e. The Labute approximate surface area is 128 Å². The molecular weight excluding hydrogens is 295 g/mol. The number of hydrogen-bond donors (Lipinski definition) is 1. The van der Waals surface area contributed by atoms with Gasteiger partial charge in [0.05, 0.1) is 16.7 Å². The minimum Gasteiger partial charge on any atom is -0.395 e. The third-order valence-electron chi connectivity index (χ3n) is 2.94. The molecule has 0 aliphatic rings. The van der Waals surface area contributed by atoms with Gasteiger partial charge in [0, 0.05) is 32.0 Å². The molecule has 0 saturated carbocycles. The maximum atomic E-state index is 9.19. The number of halogens is 2. The summed E-state index contributed by atoms with van der Waals surface area (Å²) >= 11 is 11.9. The van der Waals surface area contributed by atoms with Crippen molar-refractivity contribution >= 4 is 23.2 Å². The van der Waals surface area contributed by atoms with Gasteiger partial charge in [-0.3, -0.25) is 9.88 Å². The van der Waals surface area contributed by atoms with Gasteiger partial charge in [0.15, 0.2) is 0 Å². The lowest BCUT2D eigenvalue weighted by molar-refractivity contribution is 0.184. The van der Waals surface area contributed by atoms with E-state index in [1.165, 1.54) is 0 Å². The Kier molecular flexibility index (Phi) is 5.80. The van der Waals surface area contributed by atoms with E-state index >= 15 is 0 Å². The lowest BCUT2D eigenvalue weighted by Gasteiger charge is -2.21. The number of pyridine rings is 1. The van der Waals surface area contributed by atoms with Crippen LogP contribution in [-0.2, 0) is 13.1 Å². The molecule has 1 N–H and O–H groups in total. The fourth-order valence-corrected chi connectivity index (χ4v) is 2.32. The fraction of sp³-hybridized carbons (Fsp3) is 0.267. The molecule has 20 heavy (non-hydrogen) atoms. The normalized spacial score (nSPS) is 11.0. The van der Waals surface area contributed by atoms with E-state index in [1.807, 2.05) is 30.5 Å². The minimum atomic E-state index is 0.113. The molecule has 2 rings (SSSR count). The Hall–Kier alpha value is -1.13. The first-order valence-electron chi connectivity index (χ1n) is 6.35. The van der Waals surface area contributed by atoms with Crippen LogP contribution in [0.4, 0.5) is 0 Å². The quantitative estimate of drug-likeness (QED) is 0.888. The van der Waals surface area contributed by atoms with Crippen LogP contribution < -0.4 is 0 Å². The van der Waals surface area contributed by atoms with Crippen LogP contribution in [0.25, 0.3) is 0 Å². The highest BCUT2D eigenvalue weighted by atomic mass is 35.5. The van der Waals surface area contributed by atoms with Gasteiger partial charge in [-0.25, -0.2) is 0 Å². The average Bonchev–Trinajstić information content (AvgIpc) is 2.44. The predicted molar refractivity (Wildman–Crippen MR) is 81.9 cm³/mol. The van der Waals surface area contributed by atoms with E-state index in [0.717, 1.165) is 17.7 Å². The number of nitrogens with zero attached hydrogens (tertiary/aromatic N) is 2. The fourth-order valence-electron chi connectivity index (χ4n) is 2.00. The summed E-state index contributed by atoms with van der Waals surface area (Å²) in [6, 6.07) is 9.53. The van der Waals surface area contributed by atoms with Crippen molar-refractivity contribution < 1.29 is 5.11 Å². The van der Waals surface area contributed by atoms with Crippen molar-refractivity contribution in [2.24, 2.45) is 0 Å². The lowest BCUT2D eigenvalue weighted by Crippen LogP contribution is -2.26. The average molecular weight is 311 g/mol. The van der Waals surface area contributed by atoms with E-state index in [9.17, 15) is 5.11 Å². The molecule has 0 amide bonds. The van der Waals surface area contributed by atoms with Crippen molar-refractivity contribution in [1.29, 1.82) is 0 Å². The number of aliphatic hydroxyl groups excluding tert-OH is 1. The maximum Gasteiger partial charge on any atom is 0.0595 e. The molecule has 0 fully saturated rings. The van der Waals surface area contributed by atoms with Gasteiger partial charge in [0.25, 0.3) is 0 Å². The molecule has 0 unspecified atom stereocenters. The lowest BCUT2D eigenvalue weighted by atomic mass is 10.2. The number of rotatable bonds is 6. The van der Waals surface area contributed by atoms with Crippen molar-refractivity contribution in [2.45, 2.75) is 13.1 Å². The molecule has 5 heteroatoms. The van der Waals surface area contributed by atoms with Crippen LogP contribution in [0.5, 0.6) is 0 Å². The summed E-state index contributed by atoms with van der Waals surface area (Å²) < 4.78 is 0. The van der Waals surface area contributed by atoms with E-state index in [2.05, 4.69) is 9.88 Å². The van der Waals surface area contributed by atoms with E-state index in [-0.39, 0.29) is 6.61 Å². The summed E-state index contributed by atoms with van der Waals surface area (Å²) in [6.07, 6.45) is 3.58. The smallest absolute Gasteiger partial charge is 0.0595 e. The molecule has 0 atom stereocenters. The van der Waals surface area contributed by atoms with Gasteiger partial charge >= 0.3 is 0 Å². The first-order chi connectivity index (χ1) is 9.69. The first kappa shape index (κ1) is 15.3. The van der Waals surface area contributed by atoms with Crippen molar-refractivity contribution in [3.05, 3.63) is 63.9 Å². The van der Waals surface area contributed by atoms with Crippen LogP contribution in [0, 0.1) is 0 Å². The molecule has 1 heterocycles. The molecule has 0 bridgehead atoms. The van der Waals surface area contributed by atoms with E-state index in [1.54, 1.807) is 12.3 Å². The second kappa shape index (κ2) is 7.60. The van der Waals surface area contributed by atoms with E-state index in [0.29, 0.717) is 23.1 Å². The second-order valence-corrected chi connectivity index (χ2v) is 5.36. The monoisotopic (exact) mass is 310 g/mol. The molecule has 1 aromatic carbocycles. The molecule has 106 valence electrons. The zero-order valence-electron chi connectivity index (χ0n) is 11.0. The van der Waals surface area contributed by atoms with Gasteiger partial charge in [0.1, 0.15) is 0 Å². The SMILES string of the molecule is OCCN(Cc1cccnc1)Cc1ccc(Cl)c(Cl)c1. The molecule has 0 aliphatic carbocycles. The summed E-state index contributed by atoms with van der Waals surface area (Å²) in [5.41, 5.74) is 2.18. The summed E-state index contributed by atoms with van der Waals surface area (Å²) in [5.74, 6) is 0. The highest BCUT2D eigenvalue weighted by molar-refractivity contribution is 6.42. The van der Waals surface area contributed by atoms with E-state index in [4.69, 9.17) is 23.2 Å². The van der Waals surface area contributed by atoms with Gasteiger partial charge in [-0.15, -0.1) is 0 Å². The van der Waals surface area contributed by atoms with Gasteiger partial charge in [-0.1, -0.05) is 35.3 Å². The zero-order valence-corrected chi connectivity index (χ0v) is 12.5. The van der Waals surface area contributed by atoms with Crippen LogP contribution in [0.1, 0.15) is 11.1 Å². The Balaban J connectivity index is 2.06. The minimum absolute atomic E-state index is 0.113. The second-order valence-electron chi connectivity index (χ2n) is 4.54. The van der Waals surface area contributed by atoms with Gasteiger partial charge in [-0.05, 0) is 29.3 Å². The molecule has 0 radical (unpaired) electrons. The topological polar surface area (TPSA) is 36.4 Å². The Morgan fingerprint density at radius 3 is 2.50 bits per heavy atom. The highest BCUT2D eigenvalue weighted by Gasteiger charge is 2.08. The van der Waals surface area contributed by atoms with Gasteiger partial charge in [0.2, 0.25) is 0 Å². The number of aromatic nitrogens is 1. The molecule has 0 saturated heterocycles. The van der Waals surface area contributed by atoms with Crippen molar-refractivity contribution in [1.82, 2.24) is 9.88 Å². The van der Waals surface area contributed by atoms with Crippen molar-refractivity contribution in [2.75, 3.05) is 13.2 Å². The Morgan fingerprint density at radius 1 is 1.05 bits per heavy atom. The molecule has 3 nitrogen and oxygen atoms in total. The van der Waals surface area contributed by atoms with E-state index < -0.39 is 0 Å². The molecule has 2 aromatic rings. The number of hydrogen-bond acceptors (Lipinski definition) is 3. The van der Waals surface area contributed by atoms with Crippen LogP contribution in [0.15, 0.2) is 42.7 Å². The number of aliphatic hydroxyl groups is 1. The molecule has 1 aromatic heterocycles. The zero-order chi connectivity index (χ0) is 14.4. The third kappa shape index (κ3) is 4.46. The van der Waals surface area contributed by atoms with Gasteiger partial charge in [-0.2, -0.15) is 0 Å². The first-order valence-corrected chi connectivity index (χ1v) is 7.10. The van der Waals surface area contributed by atoms with Crippen molar-refractivity contribution in [3.8, 4) is 0 Å². The summed E-state index contributed by atoms with van der Waals surface area (Å²) in [6.45, 7) is 2.14. The van der Waals surface area contributed by atoms with Crippen LogP contribution in [0.2, 0.25) is 10.0 Å². The van der Waals surface area contributed by atoms with Crippen LogP contribution in [-0.4, -0.2) is 28.1 Å². The summed E-state index contributed by atoms with van der Waals surface area (Å²) in [7, 11) is 0.